The molecule has 3 rings (SSSR count). The maximum Gasteiger partial charge on any atom is 0.276 e. The van der Waals surface area contributed by atoms with Gasteiger partial charge < -0.3 is 5.32 Å². The van der Waals surface area contributed by atoms with Crippen molar-refractivity contribution in [3.05, 3.63) is 75.3 Å². The molecular formula is C23H26N4O3. The first-order valence-corrected chi connectivity index (χ1v) is 9.74. The number of anilines is 1. The van der Waals surface area contributed by atoms with Crippen LogP contribution >= 0.6 is 0 Å². The minimum absolute atomic E-state index is 0.0425. The van der Waals surface area contributed by atoms with E-state index >= 15 is 0 Å². The summed E-state index contributed by atoms with van der Waals surface area (Å²) >= 11 is 0. The van der Waals surface area contributed by atoms with Gasteiger partial charge in [-0.15, -0.1) is 0 Å². The van der Waals surface area contributed by atoms with Crippen LogP contribution in [0.4, 0.5) is 5.69 Å². The fraction of sp³-hybridized carbons (Fsp3) is 0.304. The Balaban J connectivity index is 1.77. The number of hydrogen-bond acceptors (Lipinski definition) is 4. The monoisotopic (exact) mass is 406 g/mol. The smallest absolute Gasteiger partial charge is 0.276 e. The van der Waals surface area contributed by atoms with E-state index in [1.807, 2.05) is 24.3 Å². The van der Waals surface area contributed by atoms with Crippen LogP contribution in [0.1, 0.15) is 54.9 Å². The highest BCUT2D eigenvalue weighted by atomic mass is 16.2. The van der Waals surface area contributed by atoms with E-state index < -0.39 is 0 Å². The molecule has 0 bridgehead atoms. The average molecular weight is 406 g/mol. The normalized spacial score (nSPS) is 11.4. The molecule has 0 radical (unpaired) electrons. The molecule has 3 aromatic rings. The van der Waals surface area contributed by atoms with Crippen molar-refractivity contribution in [3.8, 4) is 5.82 Å². The van der Waals surface area contributed by atoms with Crippen LogP contribution in [0.15, 0.2) is 47.4 Å². The van der Waals surface area contributed by atoms with Crippen molar-refractivity contribution in [2.24, 2.45) is 0 Å². The lowest BCUT2D eigenvalue weighted by molar-refractivity contribution is -0.116. The van der Waals surface area contributed by atoms with Crippen molar-refractivity contribution < 1.29 is 9.59 Å². The van der Waals surface area contributed by atoms with Gasteiger partial charge in [0.1, 0.15) is 5.78 Å². The molecular weight excluding hydrogens is 380 g/mol. The van der Waals surface area contributed by atoms with Gasteiger partial charge in [0.2, 0.25) is 0 Å². The Kier molecular flexibility index (Phi) is 5.73. The summed E-state index contributed by atoms with van der Waals surface area (Å²) in [7, 11) is 0. The van der Waals surface area contributed by atoms with Gasteiger partial charge in [0, 0.05) is 29.6 Å². The number of nitrogens with zero attached hydrogens (tertiary/aromatic N) is 2. The third kappa shape index (κ3) is 4.56. The lowest BCUT2D eigenvalue weighted by Gasteiger charge is -2.19. The van der Waals surface area contributed by atoms with Gasteiger partial charge in [0.25, 0.3) is 11.5 Å². The number of carbonyl (C=O) groups is 2. The zero-order chi connectivity index (χ0) is 22.1. The maximum absolute atomic E-state index is 12.5. The SMILES string of the molecule is CC(=O)Cc1c(C)[nH]n(-c2ccc(C(=O)Nc3ccc(C(C)(C)C)cc3)cn2)c1=O. The van der Waals surface area contributed by atoms with Crippen molar-refractivity contribution in [2.75, 3.05) is 5.32 Å². The van der Waals surface area contributed by atoms with Crippen molar-refractivity contribution in [1.82, 2.24) is 14.8 Å². The summed E-state index contributed by atoms with van der Waals surface area (Å²) in [6.45, 7) is 9.58. The largest absolute Gasteiger partial charge is 0.322 e. The third-order valence-corrected chi connectivity index (χ3v) is 4.87. The second-order valence-corrected chi connectivity index (χ2v) is 8.42. The van der Waals surface area contributed by atoms with Crippen molar-refractivity contribution in [2.45, 2.75) is 46.5 Å². The van der Waals surface area contributed by atoms with Gasteiger partial charge >= 0.3 is 0 Å². The van der Waals surface area contributed by atoms with E-state index in [-0.39, 0.29) is 29.1 Å². The number of carbonyl (C=O) groups excluding carboxylic acids is 2. The molecule has 2 aromatic heterocycles. The molecule has 0 aliphatic heterocycles. The molecule has 7 nitrogen and oxygen atoms in total. The van der Waals surface area contributed by atoms with Crippen molar-refractivity contribution in [1.29, 1.82) is 0 Å². The fourth-order valence-corrected chi connectivity index (χ4v) is 3.11. The lowest BCUT2D eigenvalue weighted by Crippen LogP contribution is -2.20. The molecule has 0 saturated heterocycles. The van der Waals surface area contributed by atoms with Crippen LogP contribution < -0.4 is 10.9 Å². The Morgan fingerprint density at radius 1 is 1.10 bits per heavy atom. The number of Topliss-reactive ketones (excluding diaryl/α,β-unsaturated/α-hetero) is 1. The summed E-state index contributed by atoms with van der Waals surface area (Å²) in [6, 6.07) is 10.9. The van der Waals surface area contributed by atoms with Gasteiger partial charge in [-0.2, -0.15) is 0 Å². The van der Waals surface area contributed by atoms with Gasteiger partial charge in [-0.25, -0.2) is 9.67 Å². The lowest BCUT2D eigenvalue weighted by atomic mass is 9.87. The molecule has 2 N–H and O–H groups in total. The molecule has 0 unspecified atom stereocenters. The fourth-order valence-electron chi connectivity index (χ4n) is 3.11. The second-order valence-electron chi connectivity index (χ2n) is 8.42. The molecule has 1 aromatic carbocycles. The summed E-state index contributed by atoms with van der Waals surface area (Å²) in [5, 5.41) is 5.78. The number of ketones is 1. The number of benzene rings is 1. The van der Waals surface area contributed by atoms with E-state index in [1.54, 1.807) is 19.1 Å². The standard InChI is InChI=1S/C23H26N4O3/c1-14(28)12-19-15(2)26-27(22(19)30)20-11-6-16(13-24-20)21(29)25-18-9-7-17(8-10-18)23(3,4)5/h6-11,13,26H,12H2,1-5H3,(H,25,29). The first-order valence-electron chi connectivity index (χ1n) is 9.74. The number of amides is 1. The van der Waals surface area contributed by atoms with Crippen molar-refractivity contribution >= 4 is 17.4 Å². The molecule has 0 fully saturated rings. The highest BCUT2D eigenvalue weighted by molar-refractivity contribution is 6.04. The number of hydrogen-bond donors (Lipinski definition) is 2. The van der Waals surface area contributed by atoms with E-state index in [4.69, 9.17) is 0 Å². The molecule has 30 heavy (non-hydrogen) atoms. The highest BCUT2D eigenvalue weighted by Crippen LogP contribution is 2.23. The third-order valence-electron chi connectivity index (χ3n) is 4.87. The van der Waals surface area contributed by atoms with Gasteiger partial charge in [0.15, 0.2) is 5.82 Å². The van der Waals surface area contributed by atoms with Crippen LogP contribution in [-0.2, 0) is 16.6 Å². The zero-order valence-corrected chi connectivity index (χ0v) is 17.9. The zero-order valence-electron chi connectivity index (χ0n) is 17.9. The molecule has 1 amide bonds. The Bertz CT molecular complexity index is 1130. The summed E-state index contributed by atoms with van der Waals surface area (Å²) < 4.78 is 1.28. The Morgan fingerprint density at radius 3 is 2.30 bits per heavy atom. The molecule has 0 atom stereocenters. The first kappa shape index (κ1) is 21.2. The van der Waals surface area contributed by atoms with E-state index in [2.05, 4.69) is 36.2 Å². The van der Waals surface area contributed by atoms with Crippen LogP contribution in [0.3, 0.4) is 0 Å². The average Bonchev–Trinajstić information content (AvgIpc) is 2.95. The number of rotatable bonds is 5. The predicted octanol–water partition coefficient (Wildman–Crippen LogP) is 3.55. The highest BCUT2D eigenvalue weighted by Gasteiger charge is 2.16. The molecule has 0 spiro atoms. The summed E-state index contributed by atoms with van der Waals surface area (Å²) in [6.07, 6.45) is 1.49. The van der Waals surface area contributed by atoms with Crippen molar-refractivity contribution in [3.63, 3.8) is 0 Å². The van der Waals surface area contributed by atoms with Gasteiger partial charge in [0.05, 0.1) is 5.56 Å². The van der Waals surface area contributed by atoms with E-state index in [1.165, 1.54) is 23.4 Å². The molecule has 156 valence electrons. The first-order chi connectivity index (χ1) is 14.1. The van der Waals surface area contributed by atoms with Crippen LogP contribution in [0, 0.1) is 6.92 Å². The number of aryl methyl sites for hydroxylation is 1. The second kappa shape index (κ2) is 8.10. The Hall–Kier alpha value is -3.48. The van der Waals surface area contributed by atoms with Gasteiger partial charge in [-0.3, -0.25) is 19.5 Å². The summed E-state index contributed by atoms with van der Waals surface area (Å²) in [4.78, 5) is 40.7. The molecule has 7 heteroatoms. The topological polar surface area (TPSA) is 96.8 Å². The number of aromatic nitrogens is 3. The van der Waals surface area contributed by atoms with Gasteiger partial charge in [-0.1, -0.05) is 32.9 Å². The van der Waals surface area contributed by atoms with E-state index in [0.717, 1.165) is 0 Å². The maximum atomic E-state index is 12.5. The summed E-state index contributed by atoms with van der Waals surface area (Å²) in [5.74, 6) is -0.0225. The predicted molar refractivity (Wildman–Crippen MR) is 116 cm³/mol. The van der Waals surface area contributed by atoms with Gasteiger partial charge in [-0.05, 0) is 49.1 Å². The quantitative estimate of drug-likeness (QED) is 0.677. The molecule has 0 aliphatic rings. The molecule has 0 saturated carbocycles. The number of nitrogens with one attached hydrogen (secondary N) is 2. The number of pyridine rings is 1. The van der Waals surface area contributed by atoms with Crippen LogP contribution in [0.5, 0.6) is 0 Å². The minimum atomic E-state index is -0.314. The Labute approximate surface area is 175 Å². The van der Waals surface area contributed by atoms with Crippen LogP contribution in [0.2, 0.25) is 0 Å². The van der Waals surface area contributed by atoms with Crippen LogP contribution in [-0.4, -0.2) is 26.5 Å². The number of H-pyrrole nitrogens is 1. The minimum Gasteiger partial charge on any atom is -0.322 e. The Morgan fingerprint density at radius 2 is 1.77 bits per heavy atom. The summed E-state index contributed by atoms with van der Waals surface area (Å²) in [5.41, 5.74) is 3.03. The number of aromatic amines is 1. The van der Waals surface area contributed by atoms with Crippen LogP contribution in [0.25, 0.3) is 5.82 Å². The molecule has 0 aliphatic carbocycles. The van der Waals surface area contributed by atoms with E-state index in [0.29, 0.717) is 28.3 Å². The molecule has 2 heterocycles. The van der Waals surface area contributed by atoms with E-state index in [9.17, 15) is 14.4 Å².